The Labute approximate surface area is 59.7 Å². The molecule has 1 rings (SSSR count). The van der Waals surface area contributed by atoms with Gasteiger partial charge in [-0.25, -0.2) is 0 Å². The summed E-state index contributed by atoms with van der Waals surface area (Å²) in [6, 6.07) is -0.204. The number of rotatable bonds is 1. The van der Waals surface area contributed by atoms with Crippen molar-refractivity contribution in [3.63, 3.8) is 0 Å². The fourth-order valence-corrected chi connectivity index (χ4v) is 0.910. The highest BCUT2D eigenvalue weighted by atomic mass is 16.5. The molecule has 4 nitrogen and oxygen atoms in total. The van der Waals surface area contributed by atoms with Gasteiger partial charge in [-0.2, -0.15) is 0 Å². The van der Waals surface area contributed by atoms with E-state index in [4.69, 9.17) is 4.74 Å². The number of hydrogen-bond acceptors (Lipinski definition) is 4. The quantitative estimate of drug-likeness (QED) is 0.464. The molecular formula is C6H11NO3. The second kappa shape index (κ2) is 2.98. The Morgan fingerprint density at radius 2 is 2.50 bits per heavy atom. The van der Waals surface area contributed by atoms with Crippen molar-refractivity contribution in [3.05, 3.63) is 0 Å². The number of methoxy groups -OCH3 is 1. The van der Waals surface area contributed by atoms with E-state index >= 15 is 0 Å². The highest BCUT2D eigenvalue weighted by Crippen LogP contribution is 2.06. The summed E-state index contributed by atoms with van der Waals surface area (Å²) in [7, 11) is 3.21. The van der Waals surface area contributed by atoms with Gasteiger partial charge in [-0.15, -0.1) is 0 Å². The van der Waals surface area contributed by atoms with Crippen LogP contribution in [-0.4, -0.2) is 44.4 Å². The zero-order chi connectivity index (χ0) is 7.56. The maximum absolute atomic E-state index is 10.9. The van der Waals surface area contributed by atoms with E-state index in [9.17, 15) is 4.79 Å². The van der Waals surface area contributed by atoms with Gasteiger partial charge < -0.3 is 9.47 Å². The molecule has 1 atom stereocenters. The van der Waals surface area contributed by atoms with Gasteiger partial charge in [0.2, 0.25) is 0 Å². The van der Waals surface area contributed by atoms with Crippen LogP contribution in [0.15, 0.2) is 0 Å². The lowest BCUT2D eigenvalue weighted by molar-refractivity contribution is -0.145. The van der Waals surface area contributed by atoms with E-state index in [0.717, 1.165) is 0 Å². The highest BCUT2D eigenvalue weighted by molar-refractivity contribution is 5.75. The van der Waals surface area contributed by atoms with Crippen molar-refractivity contribution < 1.29 is 14.3 Å². The molecule has 0 saturated carbocycles. The van der Waals surface area contributed by atoms with Gasteiger partial charge in [-0.1, -0.05) is 0 Å². The van der Waals surface area contributed by atoms with Crippen molar-refractivity contribution in [3.8, 4) is 0 Å². The molecule has 1 aliphatic rings. The molecule has 1 heterocycles. The van der Waals surface area contributed by atoms with Crippen LogP contribution in [0.25, 0.3) is 0 Å². The van der Waals surface area contributed by atoms with Gasteiger partial charge in [-0.3, -0.25) is 9.69 Å². The largest absolute Gasteiger partial charge is 0.468 e. The van der Waals surface area contributed by atoms with Gasteiger partial charge in [0.15, 0.2) is 0 Å². The first-order valence-corrected chi connectivity index (χ1v) is 3.11. The Hall–Kier alpha value is -0.610. The Bertz CT molecular complexity index is 137. The summed E-state index contributed by atoms with van der Waals surface area (Å²) in [5.74, 6) is -0.222. The molecule has 0 aromatic heterocycles. The van der Waals surface area contributed by atoms with E-state index in [2.05, 4.69) is 4.74 Å². The van der Waals surface area contributed by atoms with Gasteiger partial charge in [0.25, 0.3) is 0 Å². The van der Waals surface area contributed by atoms with E-state index in [0.29, 0.717) is 13.3 Å². The molecule has 0 unspecified atom stereocenters. The monoisotopic (exact) mass is 145 g/mol. The zero-order valence-corrected chi connectivity index (χ0v) is 6.16. The number of carbonyl (C=O) groups excluding carboxylic acids is 1. The Morgan fingerprint density at radius 3 is 2.90 bits per heavy atom. The molecule has 0 aliphatic carbocycles. The Kier molecular flexibility index (Phi) is 2.24. The van der Waals surface area contributed by atoms with E-state index in [1.54, 1.807) is 0 Å². The lowest BCUT2D eigenvalue weighted by Gasteiger charge is -2.13. The number of nitrogens with zero attached hydrogens (tertiary/aromatic N) is 1. The third-order valence-electron chi connectivity index (χ3n) is 1.58. The summed E-state index contributed by atoms with van der Waals surface area (Å²) < 4.78 is 9.56. The third kappa shape index (κ3) is 1.27. The first-order valence-electron chi connectivity index (χ1n) is 3.11. The standard InChI is InChI=1S/C6H11NO3/c1-7-4-10-3-5(7)6(8)9-2/h5H,3-4H2,1-2H3/t5-/m0/s1. The first kappa shape index (κ1) is 7.50. The van der Waals surface area contributed by atoms with Crippen molar-refractivity contribution in [1.82, 2.24) is 4.90 Å². The second-order valence-electron chi connectivity index (χ2n) is 2.30. The second-order valence-corrected chi connectivity index (χ2v) is 2.30. The third-order valence-corrected chi connectivity index (χ3v) is 1.58. The van der Waals surface area contributed by atoms with Crippen LogP contribution in [0, 0.1) is 0 Å². The number of likely N-dealkylation sites (N-methyl/N-ethyl adjacent to an activating group) is 1. The van der Waals surface area contributed by atoms with Crippen LogP contribution in [0.5, 0.6) is 0 Å². The molecule has 58 valence electrons. The normalized spacial score (nSPS) is 26.8. The summed E-state index contributed by atoms with van der Waals surface area (Å²) in [6.07, 6.45) is 0. The van der Waals surface area contributed by atoms with Crippen LogP contribution < -0.4 is 0 Å². The van der Waals surface area contributed by atoms with Gasteiger partial charge in [0, 0.05) is 0 Å². The predicted octanol–water partition coefficient (Wildman–Crippen LogP) is -0.553. The highest BCUT2D eigenvalue weighted by Gasteiger charge is 2.29. The van der Waals surface area contributed by atoms with Crippen LogP contribution in [0.3, 0.4) is 0 Å². The van der Waals surface area contributed by atoms with Gasteiger partial charge >= 0.3 is 5.97 Å². The fourth-order valence-electron chi connectivity index (χ4n) is 0.910. The minimum absolute atomic E-state index is 0.204. The van der Waals surface area contributed by atoms with Crippen LogP contribution in [0.4, 0.5) is 0 Å². The molecule has 1 aliphatic heterocycles. The Morgan fingerprint density at radius 1 is 1.80 bits per heavy atom. The summed E-state index contributed by atoms with van der Waals surface area (Å²) in [5.41, 5.74) is 0. The van der Waals surface area contributed by atoms with E-state index in [1.807, 2.05) is 11.9 Å². The average Bonchev–Trinajstić information content (AvgIpc) is 2.34. The van der Waals surface area contributed by atoms with Crippen LogP contribution >= 0.6 is 0 Å². The fraction of sp³-hybridized carbons (Fsp3) is 0.833. The van der Waals surface area contributed by atoms with Crippen LogP contribution in [-0.2, 0) is 14.3 Å². The van der Waals surface area contributed by atoms with Gasteiger partial charge in [-0.05, 0) is 7.05 Å². The maximum Gasteiger partial charge on any atom is 0.325 e. The molecule has 0 N–H and O–H groups in total. The minimum Gasteiger partial charge on any atom is -0.468 e. The summed E-state index contributed by atoms with van der Waals surface area (Å²) >= 11 is 0. The topological polar surface area (TPSA) is 38.8 Å². The molecule has 0 amide bonds. The zero-order valence-electron chi connectivity index (χ0n) is 6.16. The molecule has 0 bridgehead atoms. The van der Waals surface area contributed by atoms with Crippen LogP contribution in [0.1, 0.15) is 0 Å². The smallest absolute Gasteiger partial charge is 0.325 e. The lowest BCUT2D eigenvalue weighted by Crippen LogP contribution is -2.35. The molecule has 1 saturated heterocycles. The molecule has 4 heteroatoms. The number of esters is 1. The van der Waals surface area contributed by atoms with Crippen molar-refractivity contribution in [1.29, 1.82) is 0 Å². The van der Waals surface area contributed by atoms with Crippen molar-refractivity contribution >= 4 is 5.97 Å². The lowest BCUT2D eigenvalue weighted by atomic mass is 10.3. The molecular weight excluding hydrogens is 134 g/mol. The summed E-state index contributed by atoms with van der Waals surface area (Å²) in [5, 5.41) is 0. The molecule has 0 radical (unpaired) electrons. The van der Waals surface area contributed by atoms with Gasteiger partial charge in [0.1, 0.15) is 6.04 Å². The summed E-state index contributed by atoms with van der Waals surface area (Å²) in [6.45, 7) is 0.961. The molecule has 0 aromatic carbocycles. The first-order chi connectivity index (χ1) is 4.75. The number of hydrogen-bond donors (Lipinski definition) is 0. The van der Waals surface area contributed by atoms with Gasteiger partial charge in [0.05, 0.1) is 20.4 Å². The maximum atomic E-state index is 10.9. The van der Waals surface area contributed by atoms with E-state index < -0.39 is 0 Å². The van der Waals surface area contributed by atoms with Crippen LogP contribution in [0.2, 0.25) is 0 Å². The van der Waals surface area contributed by atoms with E-state index in [1.165, 1.54) is 7.11 Å². The predicted molar refractivity (Wildman–Crippen MR) is 34.4 cm³/mol. The van der Waals surface area contributed by atoms with Crippen molar-refractivity contribution in [2.75, 3.05) is 27.5 Å². The van der Waals surface area contributed by atoms with E-state index in [-0.39, 0.29) is 12.0 Å². The summed E-state index contributed by atoms with van der Waals surface area (Å²) in [4.78, 5) is 12.7. The van der Waals surface area contributed by atoms with Crippen molar-refractivity contribution in [2.45, 2.75) is 6.04 Å². The molecule has 1 fully saturated rings. The Balaban J connectivity index is 2.46. The molecule has 10 heavy (non-hydrogen) atoms. The average molecular weight is 145 g/mol. The van der Waals surface area contributed by atoms with Crippen molar-refractivity contribution in [2.24, 2.45) is 0 Å². The molecule has 0 aromatic rings. The molecule has 0 spiro atoms. The number of ether oxygens (including phenoxy) is 2. The number of carbonyl (C=O) groups is 1. The SMILES string of the molecule is COC(=O)[C@@H]1COCN1C. The minimum atomic E-state index is -0.222.